The van der Waals surface area contributed by atoms with Crippen molar-refractivity contribution in [2.75, 3.05) is 24.2 Å². The average molecular weight is 607 g/mol. The summed E-state index contributed by atoms with van der Waals surface area (Å²) in [6.45, 7) is 7.21. The van der Waals surface area contributed by atoms with Crippen molar-refractivity contribution in [3.63, 3.8) is 0 Å². The van der Waals surface area contributed by atoms with Crippen LogP contribution in [-0.4, -0.2) is 56.6 Å². The van der Waals surface area contributed by atoms with Gasteiger partial charge in [0.2, 0.25) is 21.8 Å². The summed E-state index contributed by atoms with van der Waals surface area (Å²) >= 11 is 18.9. The predicted octanol–water partition coefficient (Wildman–Crippen LogP) is 5.53. The maximum Gasteiger partial charge on any atom is 0.242 e. The van der Waals surface area contributed by atoms with Crippen LogP contribution in [0, 0.1) is 0 Å². The zero-order valence-electron chi connectivity index (χ0n) is 22.3. The van der Waals surface area contributed by atoms with Gasteiger partial charge in [0.05, 0.1) is 24.1 Å². The van der Waals surface area contributed by atoms with Crippen molar-refractivity contribution in [1.29, 1.82) is 0 Å². The fraction of sp³-hybridized carbons (Fsp3) is 0.462. The summed E-state index contributed by atoms with van der Waals surface area (Å²) < 4.78 is 31.4. The average Bonchev–Trinajstić information content (AvgIpc) is 2.79. The molecule has 210 valence electrons. The van der Waals surface area contributed by atoms with E-state index < -0.39 is 21.6 Å². The number of carbonyl (C=O) groups excluding carboxylic acids is 2. The Hall–Kier alpha value is -2.20. The Balaban J connectivity index is 2.27. The van der Waals surface area contributed by atoms with Crippen LogP contribution in [0.1, 0.15) is 46.1 Å². The van der Waals surface area contributed by atoms with Crippen molar-refractivity contribution in [3.05, 3.63) is 57.0 Å². The van der Waals surface area contributed by atoms with Crippen LogP contribution in [0.25, 0.3) is 0 Å². The molecule has 2 rings (SSSR count). The highest BCUT2D eigenvalue weighted by Gasteiger charge is 2.29. The van der Waals surface area contributed by atoms with E-state index in [1.165, 1.54) is 22.4 Å². The van der Waals surface area contributed by atoms with E-state index >= 15 is 0 Å². The Labute approximate surface area is 240 Å². The Morgan fingerprint density at radius 3 is 2.16 bits per heavy atom. The number of nitrogens with one attached hydrogen (secondary N) is 1. The first kappa shape index (κ1) is 32.0. The molecule has 0 aliphatic heterocycles. The number of nitrogens with zero attached hydrogens (tertiary/aromatic N) is 2. The number of carbonyl (C=O) groups is 2. The molecule has 0 saturated carbocycles. The highest BCUT2D eigenvalue weighted by molar-refractivity contribution is 7.92. The van der Waals surface area contributed by atoms with Gasteiger partial charge in [0.1, 0.15) is 11.8 Å². The van der Waals surface area contributed by atoms with Crippen molar-refractivity contribution >= 4 is 62.3 Å². The van der Waals surface area contributed by atoms with E-state index in [9.17, 15) is 18.0 Å². The van der Waals surface area contributed by atoms with Gasteiger partial charge in [-0.3, -0.25) is 13.9 Å². The van der Waals surface area contributed by atoms with Gasteiger partial charge in [-0.15, -0.1) is 0 Å². The van der Waals surface area contributed by atoms with Gasteiger partial charge >= 0.3 is 0 Å². The highest BCUT2D eigenvalue weighted by atomic mass is 35.5. The van der Waals surface area contributed by atoms with Crippen molar-refractivity contribution in [2.45, 2.75) is 58.7 Å². The summed E-state index contributed by atoms with van der Waals surface area (Å²) in [5, 5.41) is 3.90. The van der Waals surface area contributed by atoms with E-state index in [4.69, 9.17) is 39.5 Å². The van der Waals surface area contributed by atoms with Crippen molar-refractivity contribution in [2.24, 2.45) is 0 Å². The number of amides is 2. The second kappa shape index (κ2) is 13.2. The standard InChI is InChI=1S/C26H34Cl3N3O5S/c1-17(25(34)30-26(2,3)4)31(16-19-20(27)9-7-10-21(19)28)24(33)11-8-14-32(38(6,35)36)18-12-13-23(37-5)22(29)15-18/h7,9-10,12-13,15,17H,8,11,14,16H2,1-6H3,(H,30,34)/t17-/m0/s1. The summed E-state index contributed by atoms with van der Waals surface area (Å²) in [6, 6.07) is 8.84. The molecular weight excluding hydrogens is 573 g/mol. The summed E-state index contributed by atoms with van der Waals surface area (Å²) in [4.78, 5) is 27.8. The number of ether oxygens (including phenoxy) is 1. The largest absolute Gasteiger partial charge is 0.495 e. The Bertz CT molecular complexity index is 1250. The topological polar surface area (TPSA) is 96.0 Å². The molecule has 1 N–H and O–H groups in total. The van der Waals surface area contributed by atoms with E-state index in [1.807, 2.05) is 20.8 Å². The molecule has 0 unspecified atom stereocenters. The highest BCUT2D eigenvalue weighted by Crippen LogP contribution is 2.31. The molecule has 0 aliphatic carbocycles. The number of methoxy groups -OCH3 is 1. The number of hydrogen-bond donors (Lipinski definition) is 1. The molecule has 8 nitrogen and oxygen atoms in total. The Morgan fingerprint density at radius 2 is 1.66 bits per heavy atom. The SMILES string of the molecule is COc1ccc(N(CCCC(=O)N(Cc2c(Cl)cccc2Cl)[C@@H](C)C(=O)NC(C)(C)C)S(C)(=O)=O)cc1Cl. The number of hydrogen-bond acceptors (Lipinski definition) is 5. The molecule has 1 atom stereocenters. The Morgan fingerprint density at radius 1 is 1.05 bits per heavy atom. The lowest BCUT2D eigenvalue weighted by Gasteiger charge is -2.32. The molecule has 38 heavy (non-hydrogen) atoms. The summed E-state index contributed by atoms with van der Waals surface area (Å²) in [5.74, 6) is -0.270. The number of halogens is 3. The van der Waals surface area contributed by atoms with Gasteiger partial charge in [0.15, 0.2) is 0 Å². The zero-order chi connectivity index (χ0) is 28.8. The normalized spacial score (nSPS) is 12.6. The van der Waals surface area contributed by atoms with Gasteiger partial charge in [0.25, 0.3) is 0 Å². The van der Waals surface area contributed by atoms with Crippen LogP contribution >= 0.6 is 34.8 Å². The molecule has 0 aliphatic rings. The number of sulfonamides is 1. The van der Waals surface area contributed by atoms with Gasteiger partial charge in [-0.05, 0) is 64.4 Å². The lowest BCUT2D eigenvalue weighted by molar-refractivity contribution is -0.141. The minimum absolute atomic E-state index is 0.0138. The minimum Gasteiger partial charge on any atom is -0.495 e. The fourth-order valence-electron chi connectivity index (χ4n) is 3.72. The first-order chi connectivity index (χ1) is 17.5. The molecule has 2 amide bonds. The third-order valence-corrected chi connectivity index (χ3v) is 7.83. The van der Waals surface area contributed by atoms with E-state index in [0.717, 1.165) is 6.26 Å². The zero-order valence-corrected chi connectivity index (χ0v) is 25.4. The molecule has 12 heteroatoms. The first-order valence-corrected chi connectivity index (χ1v) is 14.9. The molecule has 0 radical (unpaired) electrons. The third-order valence-electron chi connectivity index (χ3n) is 5.63. The summed E-state index contributed by atoms with van der Waals surface area (Å²) in [6.07, 6.45) is 1.25. The van der Waals surface area contributed by atoms with Gasteiger partial charge in [-0.25, -0.2) is 8.42 Å². The number of anilines is 1. The molecule has 2 aromatic rings. The second-order valence-corrected chi connectivity index (χ2v) is 13.0. The molecule has 0 aromatic heterocycles. The first-order valence-electron chi connectivity index (χ1n) is 11.9. The van der Waals surface area contributed by atoms with Crippen molar-refractivity contribution < 1.29 is 22.7 Å². The molecule has 0 bridgehead atoms. The summed E-state index contributed by atoms with van der Waals surface area (Å²) in [5.41, 5.74) is 0.367. The van der Waals surface area contributed by atoms with Crippen LogP contribution in [0.3, 0.4) is 0 Å². The maximum absolute atomic E-state index is 13.4. The number of benzene rings is 2. The van der Waals surface area contributed by atoms with Crippen molar-refractivity contribution in [1.82, 2.24) is 10.2 Å². The van der Waals surface area contributed by atoms with Gasteiger partial charge in [-0.1, -0.05) is 40.9 Å². The lowest BCUT2D eigenvalue weighted by atomic mass is 10.1. The molecule has 0 fully saturated rings. The monoisotopic (exact) mass is 605 g/mol. The molecular formula is C26H34Cl3N3O5S. The van der Waals surface area contributed by atoms with Gasteiger partial charge in [-0.2, -0.15) is 0 Å². The third kappa shape index (κ3) is 8.93. The Kier molecular flexibility index (Phi) is 11.2. The van der Waals surface area contributed by atoms with Crippen LogP contribution in [0.2, 0.25) is 15.1 Å². The van der Waals surface area contributed by atoms with Gasteiger partial charge in [0, 0.05) is 40.7 Å². The quantitative estimate of drug-likeness (QED) is 0.363. The van der Waals surface area contributed by atoms with E-state index in [0.29, 0.717) is 27.0 Å². The molecule has 0 saturated heterocycles. The van der Waals surface area contributed by atoms with Crippen LogP contribution in [0.5, 0.6) is 5.75 Å². The molecule has 2 aromatic carbocycles. The lowest BCUT2D eigenvalue weighted by Crippen LogP contribution is -2.52. The van der Waals surface area contributed by atoms with Crippen LogP contribution in [0.15, 0.2) is 36.4 Å². The smallest absolute Gasteiger partial charge is 0.242 e. The van der Waals surface area contributed by atoms with Crippen molar-refractivity contribution in [3.8, 4) is 5.75 Å². The number of rotatable bonds is 11. The molecule has 0 heterocycles. The predicted molar refractivity (Wildman–Crippen MR) is 154 cm³/mol. The fourth-order valence-corrected chi connectivity index (χ4v) is 5.45. The van der Waals surface area contributed by atoms with E-state index in [2.05, 4.69) is 5.32 Å². The maximum atomic E-state index is 13.4. The van der Waals surface area contributed by atoms with Crippen LogP contribution in [-0.2, 0) is 26.2 Å². The minimum atomic E-state index is -3.67. The summed E-state index contributed by atoms with van der Waals surface area (Å²) in [7, 11) is -2.21. The van der Waals surface area contributed by atoms with Crippen LogP contribution in [0.4, 0.5) is 5.69 Å². The second-order valence-electron chi connectivity index (χ2n) is 9.89. The van der Waals surface area contributed by atoms with E-state index in [1.54, 1.807) is 37.3 Å². The molecule has 0 spiro atoms. The van der Waals surface area contributed by atoms with E-state index in [-0.39, 0.29) is 42.8 Å². The van der Waals surface area contributed by atoms with Gasteiger partial charge < -0.3 is 15.0 Å². The van der Waals surface area contributed by atoms with Crippen LogP contribution < -0.4 is 14.4 Å².